The van der Waals surface area contributed by atoms with Gasteiger partial charge in [-0.25, -0.2) is 0 Å². The lowest BCUT2D eigenvalue weighted by Gasteiger charge is -2.49. The summed E-state index contributed by atoms with van der Waals surface area (Å²) in [5, 5.41) is 107. The number of hydrogen-bond acceptors (Lipinski definition) is 6. The molecule has 28 aromatic rings. The van der Waals surface area contributed by atoms with Crippen LogP contribution in [0.2, 0.25) is 0 Å². The van der Waals surface area contributed by atoms with Crippen molar-refractivity contribution in [2.24, 2.45) is 0 Å². The molecule has 1 saturated heterocycles. The first-order valence-corrected chi connectivity index (χ1v) is 29.3. The molecule has 8 heteroatoms. The highest BCUT2D eigenvalue weighted by Crippen LogP contribution is 2.85. The fourth-order valence-electron chi connectivity index (χ4n) is 26.3. The van der Waals surface area contributed by atoms with E-state index in [2.05, 4.69) is 4.90 Å². The molecule has 0 amide bonds. The maximum Gasteiger partial charge on any atom is 0.317 e. The van der Waals surface area contributed by atoms with E-state index >= 15 is 0 Å². The van der Waals surface area contributed by atoms with Crippen molar-refractivity contribution in [2.45, 2.75) is 10.8 Å². The van der Waals surface area contributed by atoms with E-state index in [9.17, 15) is 19.8 Å². The van der Waals surface area contributed by atoms with E-state index in [1.807, 2.05) is 0 Å². The summed E-state index contributed by atoms with van der Waals surface area (Å²) in [5.41, 5.74) is 6.26. The number of benzene rings is 18. The smallest absolute Gasteiger partial charge is 0.317 e. The lowest BCUT2D eigenvalue weighted by molar-refractivity contribution is -0.142. The van der Waals surface area contributed by atoms with Crippen molar-refractivity contribution in [3.63, 3.8) is 0 Å². The summed E-state index contributed by atoms with van der Waals surface area (Å²) in [6.07, 6.45) is 0. The van der Waals surface area contributed by atoms with E-state index in [0.29, 0.717) is 19.8 Å². The fourth-order valence-corrected chi connectivity index (χ4v) is 26.3. The van der Waals surface area contributed by atoms with Gasteiger partial charge >= 0.3 is 11.9 Å². The summed E-state index contributed by atoms with van der Waals surface area (Å²) in [4.78, 5) is 27.2. The predicted molar refractivity (Wildman–Crippen MR) is 324 cm³/mol. The van der Waals surface area contributed by atoms with E-state index in [4.69, 9.17) is 9.47 Å². The highest BCUT2D eigenvalue weighted by molar-refractivity contribution is 6.82. The molecular formula is C72H22N2O6. The normalized spacial score (nSPS) is 21.5. The van der Waals surface area contributed by atoms with Gasteiger partial charge in [-0.2, -0.15) is 0 Å². The van der Waals surface area contributed by atoms with Crippen LogP contribution in [0.3, 0.4) is 0 Å². The molecule has 33 rings (SSSR count). The summed E-state index contributed by atoms with van der Waals surface area (Å²) in [6.45, 7) is 3.92. The molecule has 80 heavy (non-hydrogen) atoms. The largest absolute Gasteiger partial charge is 0.480 e. The average Bonchev–Trinajstić information content (AvgIpc) is 1.48. The third-order valence-corrected chi connectivity index (χ3v) is 26.8. The van der Waals surface area contributed by atoms with E-state index in [0.717, 1.165) is 19.6 Å². The molecule has 5 aliphatic rings. The monoisotopic (exact) mass is 1010 g/mol. The van der Waals surface area contributed by atoms with Gasteiger partial charge in [0.2, 0.25) is 0 Å². The quantitative estimate of drug-likeness (QED) is 0.0870. The topological polar surface area (TPSA) is 99.5 Å². The second kappa shape index (κ2) is 8.32. The Morgan fingerprint density at radius 2 is 0.487 bits per heavy atom. The Bertz CT molecular complexity index is 6910. The van der Waals surface area contributed by atoms with E-state index < -0.39 is 11.9 Å². The second-order valence-corrected chi connectivity index (χ2v) is 28.0. The maximum absolute atomic E-state index is 11.5. The molecule has 2 spiro atoms. The number of likely N-dealkylation sites (tertiary alicyclic amines) is 1. The van der Waals surface area contributed by atoms with Gasteiger partial charge in [0.25, 0.3) is 0 Å². The molecule has 0 atom stereocenters. The summed E-state index contributed by atoms with van der Waals surface area (Å²) >= 11 is 0. The van der Waals surface area contributed by atoms with Gasteiger partial charge in [0.05, 0.1) is 50.3 Å². The first kappa shape index (κ1) is 33.6. The van der Waals surface area contributed by atoms with E-state index in [1.165, 1.54) is 4.90 Å². The van der Waals surface area contributed by atoms with Gasteiger partial charge in [0, 0.05) is 26.2 Å². The van der Waals surface area contributed by atoms with Crippen LogP contribution in [0.4, 0.5) is 0 Å². The molecule has 0 saturated carbocycles. The van der Waals surface area contributed by atoms with E-state index in [-0.39, 0.29) is 37.1 Å². The molecule has 1 aliphatic heterocycles. The van der Waals surface area contributed by atoms with Crippen LogP contribution in [0.15, 0.2) is 0 Å². The number of hydrogen-bond donors (Lipinski definition) is 2. The van der Waals surface area contributed by atoms with Crippen LogP contribution < -0.4 is 0 Å². The first-order chi connectivity index (χ1) is 39.5. The minimum atomic E-state index is -1.05. The summed E-state index contributed by atoms with van der Waals surface area (Å²) in [6, 6.07) is 0. The second-order valence-electron chi connectivity index (χ2n) is 28.0. The molecule has 8 nitrogen and oxygen atoms in total. The van der Waals surface area contributed by atoms with Crippen molar-refractivity contribution in [1.29, 1.82) is 0 Å². The van der Waals surface area contributed by atoms with Crippen LogP contribution in [0.25, 0.3) is 291 Å². The van der Waals surface area contributed by atoms with Crippen LogP contribution in [0, 0.1) is 0 Å². The Morgan fingerprint density at radius 1 is 0.300 bits per heavy atom. The van der Waals surface area contributed by atoms with Crippen LogP contribution in [0.1, 0.15) is 22.3 Å². The van der Waals surface area contributed by atoms with Gasteiger partial charge in [-0.15, -0.1) is 0 Å². The van der Waals surface area contributed by atoms with Crippen molar-refractivity contribution >= 4 is 303 Å². The Hall–Kier alpha value is -8.76. The van der Waals surface area contributed by atoms with Crippen molar-refractivity contribution in [2.75, 3.05) is 65.7 Å². The number of rotatable bonds is 13. The highest BCUT2D eigenvalue weighted by atomic mass is 16.5. The van der Waals surface area contributed by atoms with Crippen molar-refractivity contribution in [3.8, 4) is 0 Å². The van der Waals surface area contributed by atoms with Gasteiger partial charge in [-0.1, -0.05) is 0 Å². The van der Waals surface area contributed by atoms with Gasteiger partial charge < -0.3 is 19.7 Å². The van der Waals surface area contributed by atoms with Crippen LogP contribution in [0.5, 0.6) is 0 Å². The molecular weight excluding hydrogens is 989 g/mol. The molecule has 0 radical (unpaired) electrons. The zero-order valence-electron chi connectivity index (χ0n) is 41.5. The third kappa shape index (κ3) is 2.09. The molecule has 0 aromatic heterocycles. The SMILES string of the molecule is O=C(O)CN(CCOCCOCCN1CC23c4c5c6c7c8c9c(c%10c%11c2c2c4c4c%12c5c5c6c6c8c8c%13c9c9c%10c%10c%11c%11c2c2c4c4c%12c%12c5c5c6c8c6c8c%13c9c9c%10c%10c%11c2c2c4c4c%12c5c6c5c8c9c%10c2c45)C73C1)CC(=O)O. The fraction of sp³-hybridized carbons (Fsp3) is 0.167. The van der Waals surface area contributed by atoms with Crippen molar-refractivity contribution in [1.82, 2.24) is 9.80 Å². The predicted octanol–water partition coefficient (Wildman–Crippen LogP) is 15.1. The molecule has 356 valence electrons. The van der Waals surface area contributed by atoms with E-state index in [1.54, 1.807) is 313 Å². The Morgan fingerprint density at radius 3 is 0.688 bits per heavy atom. The summed E-state index contributed by atoms with van der Waals surface area (Å²) < 4.78 is 12.6. The zero-order valence-corrected chi connectivity index (χ0v) is 41.5. The lowest BCUT2D eigenvalue weighted by atomic mass is 9.50. The Labute approximate surface area is 438 Å². The third-order valence-electron chi connectivity index (χ3n) is 26.8. The van der Waals surface area contributed by atoms with Gasteiger partial charge in [0.1, 0.15) is 0 Å². The summed E-state index contributed by atoms with van der Waals surface area (Å²) in [5.74, 6) is -2.09. The number of ether oxygens (including phenoxy) is 2. The lowest BCUT2D eigenvalue weighted by Crippen LogP contribution is -2.51. The number of aliphatic carboxylic acids is 2. The zero-order chi connectivity index (χ0) is 49.3. The summed E-state index contributed by atoms with van der Waals surface area (Å²) in [7, 11) is 0. The Kier molecular flexibility index (Phi) is 3.49. The average molecular weight is 1010 g/mol. The highest BCUT2D eigenvalue weighted by Gasteiger charge is 2.72. The van der Waals surface area contributed by atoms with Crippen LogP contribution in [-0.4, -0.2) is 97.6 Å². The molecule has 0 unspecified atom stereocenters. The first-order valence-electron chi connectivity index (χ1n) is 29.3. The van der Waals surface area contributed by atoms with Crippen molar-refractivity contribution < 1.29 is 29.3 Å². The molecule has 1 heterocycles. The van der Waals surface area contributed by atoms with Crippen molar-refractivity contribution in [3.05, 3.63) is 22.3 Å². The van der Waals surface area contributed by atoms with Crippen LogP contribution >= 0.6 is 0 Å². The molecule has 0 bridgehead atoms. The number of nitrogens with zero attached hydrogens (tertiary/aromatic N) is 2. The van der Waals surface area contributed by atoms with Gasteiger partial charge in [-0.05, 0) is 313 Å². The maximum atomic E-state index is 11.5. The Balaban J connectivity index is 0.820. The minimum absolute atomic E-state index is 0.231. The van der Waals surface area contributed by atoms with Gasteiger partial charge in [0.15, 0.2) is 0 Å². The number of carboxylic acid groups (broad SMARTS) is 2. The minimum Gasteiger partial charge on any atom is -0.480 e. The standard InChI is InChI=1S/C72H22N2O6/c75-11(76)7-73(8-12(77)78)1-3-79-5-6-80-4-2-74-9-71-67-59-51-41-31-23-15-13-14-17-21-19(15)27-35-29(21)39-33-25(17)26-18(14)22-20-16(13)24(23)32-38-28(20)36-30(22)40-34(26)44-43(33)53-47(39)57-49(35)55(45(51)37(27)31)63(67)65(57)69-61(53)62-54(44)48(40)58-50(36)56-46(38)52(42(32)41)60(59)68(71)64(56)66(58)70(62)72(69,71)10-74/h1-10H2,(H,75,76)(H,77,78). The molecule has 2 N–H and O–H groups in total. The number of carboxylic acids is 2. The number of carbonyl (C=O) groups is 2. The molecule has 28 aromatic carbocycles. The van der Waals surface area contributed by atoms with Gasteiger partial charge in [-0.3, -0.25) is 19.4 Å². The molecule has 1 fully saturated rings. The molecule has 4 aliphatic carbocycles. The van der Waals surface area contributed by atoms with Crippen LogP contribution in [-0.2, 0) is 29.9 Å².